The molecular weight excluding hydrogens is 217 g/mol. The first-order chi connectivity index (χ1) is 7.61. The van der Waals surface area contributed by atoms with E-state index in [1.54, 1.807) is 0 Å². The number of hydrogen-bond donors (Lipinski definition) is 1. The Morgan fingerprint density at radius 1 is 1.62 bits per heavy atom. The molecule has 2 aromatic rings. The van der Waals surface area contributed by atoms with Crippen LogP contribution < -0.4 is 4.74 Å². The molecule has 0 unspecified atom stereocenters. The van der Waals surface area contributed by atoms with Gasteiger partial charge in [-0.25, -0.2) is 4.39 Å². The number of aliphatic carboxylic acids is 1. The van der Waals surface area contributed by atoms with Gasteiger partial charge in [-0.1, -0.05) is 5.16 Å². The second kappa shape index (κ2) is 3.80. The number of methoxy groups -OCH3 is 1. The lowest BCUT2D eigenvalue weighted by Crippen LogP contribution is -2.00. The molecule has 2 rings (SSSR count). The van der Waals surface area contributed by atoms with Gasteiger partial charge in [-0.05, 0) is 6.07 Å². The van der Waals surface area contributed by atoms with Crippen LogP contribution in [0, 0.1) is 5.82 Å². The molecule has 0 spiro atoms. The van der Waals surface area contributed by atoms with Gasteiger partial charge in [0, 0.05) is 11.5 Å². The first-order valence-corrected chi connectivity index (χ1v) is 4.45. The number of fused-ring (bicyclic) bond motifs is 1. The molecule has 1 aromatic heterocycles. The minimum atomic E-state index is -1.03. The number of rotatable bonds is 3. The molecule has 6 heteroatoms. The zero-order valence-corrected chi connectivity index (χ0v) is 8.36. The van der Waals surface area contributed by atoms with Gasteiger partial charge in [0.2, 0.25) is 0 Å². The maximum atomic E-state index is 13.3. The third kappa shape index (κ3) is 1.69. The van der Waals surface area contributed by atoms with E-state index in [9.17, 15) is 9.18 Å². The zero-order valence-electron chi connectivity index (χ0n) is 8.36. The van der Waals surface area contributed by atoms with Crippen molar-refractivity contribution in [2.75, 3.05) is 7.11 Å². The summed E-state index contributed by atoms with van der Waals surface area (Å²) in [4.78, 5) is 10.5. The lowest BCUT2D eigenvalue weighted by atomic mass is 10.1. The van der Waals surface area contributed by atoms with E-state index in [2.05, 4.69) is 5.16 Å². The van der Waals surface area contributed by atoms with Gasteiger partial charge in [0.15, 0.2) is 17.1 Å². The summed E-state index contributed by atoms with van der Waals surface area (Å²) in [6, 6.07) is 2.49. The Balaban J connectivity index is 2.57. The van der Waals surface area contributed by atoms with Crippen molar-refractivity contribution in [1.29, 1.82) is 0 Å². The second-order valence-electron chi connectivity index (χ2n) is 3.18. The molecule has 0 saturated carbocycles. The van der Waals surface area contributed by atoms with Crippen molar-refractivity contribution in [3.8, 4) is 5.75 Å². The zero-order chi connectivity index (χ0) is 11.7. The highest BCUT2D eigenvalue weighted by molar-refractivity contribution is 5.84. The van der Waals surface area contributed by atoms with E-state index < -0.39 is 11.8 Å². The van der Waals surface area contributed by atoms with Crippen molar-refractivity contribution in [2.24, 2.45) is 0 Å². The Morgan fingerprint density at radius 2 is 2.38 bits per heavy atom. The van der Waals surface area contributed by atoms with Crippen LogP contribution in [0.2, 0.25) is 0 Å². The summed E-state index contributed by atoms with van der Waals surface area (Å²) in [6.07, 6.45) is -0.276. The van der Waals surface area contributed by atoms with Crippen molar-refractivity contribution >= 4 is 16.9 Å². The van der Waals surface area contributed by atoms with Crippen LogP contribution in [-0.2, 0) is 11.2 Å². The van der Waals surface area contributed by atoms with Crippen LogP contribution in [0.4, 0.5) is 4.39 Å². The second-order valence-corrected chi connectivity index (χ2v) is 3.18. The Labute approximate surface area is 89.4 Å². The molecule has 84 valence electrons. The number of hydrogen-bond acceptors (Lipinski definition) is 4. The summed E-state index contributed by atoms with van der Waals surface area (Å²) in [6.45, 7) is 0. The molecule has 0 amide bonds. The highest BCUT2D eigenvalue weighted by Crippen LogP contribution is 2.27. The van der Waals surface area contributed by atoms with Crippen molar-refractivity contribution < 1.29 is 23.6 Å². The lowest BCUT2D eigenvalue weighted by Gasteiger charge is -2.00. The van der Waals surface area contributed by atoms with Gasteiger partial charge >= 0.3 is 5.97 Å². The van der Waals surface area contributed by atoms with Crippen molar-refractivity contribution in [1.82, 2.24) is 5.16 Å². The lowest BCUT2D eigenvalue weighted by molar-refractivity contribution is -0.136. The molecule has 0 radical (unpaired) electrons. The number of carboxylic acid groups (broad SMARTS) is 1. The number of aromatic nitrogens is 1. The third-order valence-electron chi connectivity index (χ3n) is 2.14. The number of carbonyl (C=O) groups is 1. The van der Waals surface area contributed by atoms with Crippen molar-refractivity contribution in [3.63, 3.8) is 0 Å². The monoisotopic (exact) mass is 225 g/mol. The molecule has 0 aliphatic heterocycles. The fourth-order valence-electron chi connectivity index (χ4n) is 1.42. The Hall–Kier alpha value is -2.11. The number of ether oxygens (including phenoxy) is 1. The first kappa shape index (κ1) is 10.4. The summed E-state index contributed by atoms with van der Waals surface area (Å²) in [5, 5.41) is 12.7. The van der Waals surface area contributed by atoms with Gasteiger partial charge in [0.25, 0.3) is 0 Å². The molecule has 0 aliphatic carbocycles. The standard InChI is InChI=1S/C10H8FNO4/c1-15-9-2-5-7(4-10(13)14)12-16-8(5)3-6(9)11/h2-3H,4H2,1H3,(H,13,14). The number of nitrogens with zero attached hydrogens (tertiary/aromatic N) is 1. The van der Waals surface area contributed by atoms with Gasteiger partial charge in [-0.2, -0.15) is 0 Å². The Bertz CT molecular complexity index is 549. The third-order valence-corrected chi connectivity index (χ3v) is 2.14. The van der Waals surface area contributed by atoms with E-state index in [1.807, 2.05) is 0 Å². The SMILES string of the molecule is COc1cc2c(CC(=O)O)noc2cc1F. The van der Waals surface area contributed by atoms with E-state index in [1.165, 1.54) is 13.2 Å². The highest BCUT2D eigenvalue weighted by atomic mass is 19.1. The van der Waals surface area contributed by atoms with Crippen molar-refractivity contribution in [3.05, 3.63) is 23.6 Å². The first-order valence-electron chi connectivity index (χ1n) is 4.45. The minimum Gasteiger partial charge on any atom is -0.494 e. The molecule has 0 fully saturated rings. The van der Waals surface area contributed by atoms with Gasteiger partial charge in [-0.3, -0.25) is 4.79 Å². The molecular formula is C10H8FNO4. The molecule has 0 bridgehead atoms. The van der Waals surface area contributed by atoms with Crippen LogP contribution in [0.5, 0.6) is 5.75 Å². The Morgan fingerprint density at radius 3 is 3.00 bits per heavy atom. The van der Waals surface area contributed by atoms with E-state index in [0.717, 1.165) is 6.07 Å². The quantitative estimate of drug-likeness (QED) is 0.858. The van der Waals surface area contributed by atoms with Crippen LogP contribution in [0.3, 0.4) is 0 Å². The summed E-state index contributed by atoms with van der Waals surface area (Å²) in [7, 11) is 1.33. The van der Waals surface area contributed by atoms with Crippen LogP contribution in [0.15, 0.2) is 16.7 Å². The number of halogens is 1. The van der Waals surface area contributed by atoms with E-state index in [0.29, 0.717) is 5.39 Å². The minimum absolute atomic E-state index is 0.0299. The van der Waals surface area contributed by atoms with Crippen LogP contribution in [0.25, 0.3) is 11.0 Å². The van der Waals surface area contributed by atoms with Crippen molar-refractivity contribution in [2.45, 2.75) is 6.42 Å². The average molecular weight is 225 g/mol. The molecule has 1 N–H and O–H groups in total. The normalized spacial score (nSPS) is 10.6. The van der Waals surface area contributed by atoms with E-state index in [-0.39, 0.29) is 23.4 Å². The molecule has 5 nitrogen and oxygen atoms in total. The topological polar surface area (TPSA) is 72.6 Å². The number of carboxylic acids is 1. The number of benzene rings is 1. The molecule has 0 atom stereocenters. The van der Waals surface area contributed by atoms with Gasteiger partial charge in [-0.15, -0.1) is 0 Å². The van der Waals surface area contributed by atoms with E-state index in [4.69, 9.17) is 14.4 Å². The fraction of sp³-hybridized carbons (Fsp3) is 0.200. The predicted molar refractivity (Wildman–Crippen MR) is 51.9 cm³/mol. The predicted octanol–water partition coefficient (Wildman–Crippen LogP) is 1.60. The maximum Gasteiger partial charge on any atom is 0.309 e. The summed E-state index contributed by atoms with van der Waals surface area (Å²) >= 11 is 0. The molecule has 1 heterocycles. The van der Waals surface area contributed by atoms with Gasteiger partial charge in [0.05, 0.1) is 13.5 Å². The highest BCUT2D eigenvalue weighted by Gasteiger charge is 2.15. The molecule has 1 aromatic carbocycles. The maximum absolute atomic E-state index is 13.3. The molecule has 16 heavy (non-hydrogen) atoms. The van der Waals surface area contributed by atoms with Crippen LogP contribution in [0.1, 0.15) is 5.69 Å². The molecule has 0 aliphatic rings. The average Bonchev–Trinajstić information content (AvgIpc) is 2.59. The summed E-state index contributed by atoms with van der Waals surface area (Å²) in [5.74, 6) is -1.58. The van der Waals surface area contributed by atoms with Crippen LogP contribution in [-0.4, -0.2) is 23.3 Å². The Kier molecular flexibility index (Phi) is 2.47. The smallest absolute Gasteiger partial charge is 0.309 e. The largest absolute Gasteiger partial charge is 0.494 e. The fourth-order valence-corrected chi connectivity index (χ4v) is 1.42. The van der Waals surface area contributed by atoms with Gasteiger partial charge in [0.1, 0.15) is 5.69 Å². The van der Waals surface area contributed by atoms with Gasteiger partial charge < -0.3 is 14.4 Å². The summed E-state index contributed by atoms with van der Waals surface area (Å²) < 4.78 is 22.9. The van der Waals surface area contributed by atoms with Crippen LogP contribution >= 0.6 is 0 Å². The molecule has 0 saturated heterocycles. The summed E-state index contributed by atoms with van der Waals surface area (Å²) in [5.41, 5.74) is 0.454. The van der Waals surface area contributed by atoms with E-state index >= 15 is 0 Å².